The average Bonchev–Trinajstić information content (AvgIpc) is 2.48. The second-order valence-electron chi connectivity index (χ2n) is 4.02. The van der Waals surface area contributed by atoms with Gasteiger partial charge in [0.25, 0.3) is 0 Å². The van der Waals surface area contributed by atoms with Crippen LogP contribution in [0.1, 0.15) is 38.5 Å². The Morgan fingerprint density at radius 1 is 1.36 bits per heavy atom. The molecular formula is C10H16O. The minimum Gasteiger partial charge on any atom is -0.392 e. The summed E-state index contributed by atoms with van der Waals surface area (Å²) in [6, 6.07) is 0. The van der Waals surface area contributed by atoms with E-state index < -0.39 is 0 Å². The van der Waals surface area contributed by atoms with Crippen LogP contribution >= 0.6 is 0 Å². The number of hydrogen-bond donors (Lipinski definition) is 1. The van der Waals surface area contributed by atoms with Crippen LogP contribution in [-0.4, -0.2) is 11.2 Å². The highest BCUT2D eigenvalue weighted by atomic mass is 16.3. The summed E-state index contributed by atoms with van der Waals surface area (Å²) < 4.78 is 0. The zero-order valence-corrected chi connectivity index (χ0v) is 6.97. The molecule has 0 aromatic carbocycles. The van der Waals surface area contributed by atoms with Crippen molar-refractivity contribution in [3.8, 4) is 0 Å². The molecule has 1 heteroatoms. The fraction of sp³-hybridized carbons (Fsp3) is 0.800. The lowest BCUT2D eigenvalue weighted by atomic mass is 9.79. The van der Waals surface area contributed by atoms with Crippen LogP contribution in [-0.2, 0) is 0 Å². The molecule has 2 atom stereocenters. The molecule has 2 rings (SSSR count). The van der Waals surface area contributed by atoms with Crippen molar-refractivity contribution < 1.29 is 5.11 Å². The molecule has 0 aromatic heterocycles. The van der Waals surface area contributed by atoms with Crippen molar-refractivity contribution in [2.75, 3.05) is 0 Å². The van der Waals surface area contributed by atoms with Gasteiger partial charge in [0.05, 0.1) is 6.10 Å². The van der Waals surface area contributed by atoms with E-state index in [0.29, 0.717) is 0 Å². The van der Waals surface area contributed by atoms with Crippen molar-refractivity contribution in [1.29, 1.82) is 0 Å². The maximum absolute atomic E-state index is 9.79. The van der Waals surface area contributed by atoms with Gasteiger partial charge in [-0.05, 0) is 38.5 Å². The topological polar surface area (TPSA) is 20.2 Å². The van der Waals surface area contributed by atoms with Gasteiger partial charge >= 0.3 is 0 Å². The minimum absolute atomic E-state index is 0.0718. The predicted octanol–water partition coefficient (Wildman–Crippen LogP) is 2.26. The fourth-order valence-electron chi connectivity index (χ4n) is 2.80. The van der Waals surface area contributed by atoms with Crippen molar-refractivity contribution in [1.82, 2.24) is 0 Å². The molecule has 11 heavy (non-hydrogen) atoms. The quantitative estimate of drug-likeness (QED) is 0.528. The molecular weight excluding hydrogens is 136 g/mol. The largest absolute Gasteiger partial charge is 0.392 e. The van der Waals surface area contributed by atoms with E-state index in [-0.39, 0.29) is 11.5 Å². The van der Waals surface area contributed by atoms with Gasteiger partial charge in [-0.2, -0.15) is 0 Å². The third kappa shape index (κ3) is 0.871. The Hall–Kier alpha value is -0.300. The molecule has 2 aliphatic carbocycles. The lowest BCUT2D eigenvalue weighted by Gasteiger charge is -2.28. The summed E-state index contributed by atoms with van der Waals surface area (Å²) in [6.07, 6.45) is 6.89. The first-order valence-electron chi connectivity index (χ1n) is 4.62. The molecule has 1 N–H and O–H groups in total. The van der Waals surface area contributed by atoms with Gasteiger partial charge in [-0.25, -0.2) is 0 Å². The molecule has 2 aliphatic rings. The van der Waals surface area contributed by atoms with Crippen molar-refractivity contribution in [3.63, 3.8) is 0 Å². The maximum Gasteiger partial charge on any atom is 0.0633 e. The summed E-state index contributed by atoms with van der Waals surface area (Å²) in [7, 11) is 0. The molecule has 0 aliphatic heterocycles. The standard InChI is InChI=1S/C10H16O/c1-8-4-2-6-10(8)7-3-5-9(10)11/h9,11H,1-7H2/t9-,10-/m1/s1. The molecule has 0 amide bonds. The van der Waals surface area contributed by atoms with Gasteiger partial charge in [0, 0.05) is 5.41 Å². The predicted molar refractivity (Wildman–Crippen MR) is 45.3 cm³/mol. The molecule has 0 radical (unpaired) electrons. The molecule has 0 unspecified atom stereocenters. The Kier molecular flexibility index (Phi) is 1.57. The number of aliphatic hydroxyl groups is 1. The summed E-state index contributed by atoms with van der Waals surface area (Å²) in [5.41, 5.74) is 1.49. The van der Waals surface area contributed by atoms with Crippen molar-refractivity contribution in [3.05, 3.63) is 12.2 Å². The first kappa shape index (κ1) is 7.35. The van der Waals surface area contributed by atoms with Crippen LogP contribution in [0.2, 0.25) is 0 Å². The Bertz CT molecular complexity index is 181. The number of hydrogen-bond acceptors (Lipinski definition) is 1. The van der Waals surface area contributed by atoms with E-state index in [0.717, 1.165) is 12.8 Å². The van der Waals surface area contributed by atoms with Gasteiger partial charge in [0.2, 0.25) is 0 Å². The first-order chi connectivity index (χ1) is 5.26. The van der Waals surface area contributed by atoms with Crippen LogP contribution in [0.3, 0.4) is 0 Å². The highest BCUT2D eigenvalue weighted by Crippen LogP contribution is 2.53. The third-order valence-electron chi connectivity index (χ3n) is 3.54. The van der Waals surface area contributed by atoms with Crippen molar-refractivity contribution in [2.45, 2.75) is 44.6 Å². The highest BCUT2D eigenvalue weighted by molar-refractivity contribution is 5.20. The van der Waals surface area contributed by atoms with E-state index in [1.807, 2.05) is 0 Å². The first-order valence-corrected chi connectivity index (χ1v) is 4.62. The summed E-state index contributed by atoms with van der Waals surface area (Å²) in [5.74, 6) is 0. The normalized spacial score (nSPS) is 44.1. The van der Waals surface area contributed by atoms with Crippen LogP contribution in [0.5, 0.6) is 0 Å². The Labute approximate surface area is 68.1 Å². The van der Waals surface area contributed by atoms with Gasteiger partial charge < -0.3 is 5.11 Å². The molecule has 1 spiro atoms. The van der Waals surface area contributed by atoms with E-state index in [1.165, 1.54) is 31.3 Å². The Morgan fingerprint density at radius 2 is 2.09 bits per heavy atom. The summed E-state index contributed by atoms with van der Waals surface area (Å²) in [5, 5.41) is 9.79. The fourth-order valence-corrected chi connectivity index (χ4v) is 2.80. The average molecular weight is 152 g/mol. The molecule has 62 valence electrons. The molecule has 0 heterocycles. The molecule has 1 nitrogen and oxygen atoms in total. The van der Waals surface area contributed by atoms with Crippen LogP contribution < -0.4 is 0 Å². The summed E-state index contributed by atoms with van der Waals surface area (Å²) in [4.78, 5) is 0. The van der Waals surface area contributed by atoms with Crippen LogP contribution in [0.25, 0.3) is 0 Å². The summed E-state index contributed by atoms with van der Waals surface area (Å²) in [6.45, 7) is 4.08. The van der Waals surface area contributed by atoms with Gasteiger partial charge in [-0.1, -0.05) is 12.2 Å². The van der Waals surface area contributed by atoms with E-state index in [9.17, 15) is 5.11 Å². The van der Waals surface area contributed by atoms with Crippen LogP contribution in [0, 0.1) is 5.41 Å². The van der Waals surface area contributed by atoms with Gasteiger partial charge in [-0.3, -0.25) is 0 Å². The van der Waals surface area contributed by atoms with E-state index in [2.05, 4.69) is 6.58 Å². The molecule has 0 bridgehead atoms. The molecule has 2 fully saturated rings. The SMILES string of the molecule is C=C1CCC[C@@]12CCC[C@H]2O. The van der Waals surface area contributed by atoms with Crippen LogP contribution in [0.15, 0.2) is 12.2 Å². The number of rotatable bonds is 0. The number of aliphatic hydroxyl groups excluding tert-OH is 1. The minimum atomic E-state index is -0.0718. The molecule has 0 aromatic rings. The van der Waals surface area contributed by atoms with E-state index >= 15 is 0 Å². The van der Waals surface area contributed by atoms with Crippen molar-refractivity contribution in [2.24, 2.45) is 5.41 Å². The zero-order chi connectivity index (χ0) is 7.90. The van der Waals surface area contributed by atoms with Crippen LogP contribution in [0.4, 0.5) is 0 Å². The Balaban J connectivity index is 2.25. The highest BCUT2D eigenvalue weighted by Gasteiger charge is 2.46. The second kappa shape index (κ2) is 2.34. The van der Waals surface area contributed by atoms with Gasteiger partial charge in [0.1, 0.15) is 0 Å². The Morgan fingerprint density at radius 3 is 2.55 bits per heavy atom. The van der Waals surface area contributed by atoms with E-state index in [1.54, 1.807) is 0 Å². The maximum atomic E-state index is 9.79. The smallest absolute Gasteiger partial charge is 0.0633 e. The monoisotopic (exact) mass is 152 g/mol. The van der Waals surface area contributed by atoms with Crippen molar-refractivity contribution >= 4 is 0 Å². The molecule has 2 saturated carbocycles. The lowest BCUT2D eigenvalue weighted by Crippen LogP contribution is -2.27. The van der Waals surface area contributed by atoms with Gasteiger partial charge in [-0.15, -0.1) is 0 Å². The lowest BCUT2D eigenvalue weighted by molar-refractivity contribution is 0.0832. The third-order valence-corrected chi connectivity index (χ3v) is 3.54. The van der Waals surface area contributed by atoms with E-state index in [4.69, 9.17) is 0 Å². The second-order valence-corrected chi connectivity index (χ2v) is 4.02. The molecule has 0 saturated heterocycles. The van der Waals surface area contributed by atoms with Gasteiger partial charge in [0.15, 0.2) is 0 Å². The zero-order valence-electron chi connectivity index (χ0n) is 6.97. The summed E-state index contributed by atoms with van der Waals surface area (Å²) >= 11 is 0.